The third-order valence-corrected chi connectivity index (χ3v) is 4.91. The standard InChI is InChI=1S/C15H15F2N7S/c16-3-1-4-24-5-2-11-12(10-8-20-23-13(10)24)21-15(25-11)22-14-18-6-9(17)7-19-14/h6-8H,1-5H2,(H,20,23)(H,18,19,21,22). The SMILES string of the molecule is FCCCN1CCc2sc(Nc3ncc(F)cn3)nc2-c2c[nH]nc21. The minimum Gasteiger partial charge on any atom is -0.354 e. The van der Waals surface area contributed by atoms with E-state index in [1.807, 2.05) is 0 Å². The van der Waals surface area contributed by atoms with Crippen LogP contribution < -0.4 is 10.2 Å². The van der Waals surface area contributed by atoms with Crippen LogP contribution in [-0.2, 0) is 6.42 Å². The lowest BCUT2D eigenvalue weighted by Gasteiger charge is -2.20. The lowest BCUT2D eigenvalue weighted by atomic mass is 10.2. The van der Waals surface area contributed by atoms with Gasteiger partial charge >= 0.3 is 0 Å². The lowest BCUT2D eigenvalue weighted by molar-refractivity contribution is 0.471. The molecule has 4 rings (SSSR count). The molecule has 0 atom stereocenters. The quantitative estimate of drug-likeness (QED) is 0.725. The van der Waals surface area contributed by atoms with Crippen LogP contribution in [0.25, 0.3) is 11.3 Å². The van der Waals surface area contributed by atoms with Gasteiger partial charge in [0.2, 0.25) is 5.95 Å². The van der Waals surface area contributed by atoms with E-state index < -0.39 is 5.82 Å². The van der Waals surface area contributed by atoms with Crippen molar-refractivity contribution in [2.24, 2.45) is 0 Å². The van der Waals surface area contributed by atoms with Crippen LogP contribution in [0.3, 0.4) is 0 Å². The average molecular weight is 363 g/mol. The molecule has 0 saturated heterocycles. The van der Waals surface area contributed by atoms with Gasteiger partial charge in [0.15, 0.2) is 16.8 Å². The molecular formula is C15H15F2N7S. The van der Waals surface area contributed by atoms with Crippen LogP contribution in [0.2, 0.25) is 0 Å². The Hall–Kier alpha value is -2.62. The fourth-order valence-corrected chi connectivity index (χ4v) is 3.72. The highest BCUT2D eigenvalue weighted by molar-refractivity contribution is 7.16. The first-order chi connectivity index (χ1) is 12.2. The highest BCUT2D eigenvalue weighted by Crippen LogP contribution is 2.39. The van der Waals surface area contributed by atoms with Crippen molar-refractivity contribution in [3.05, 3.63) is 29.3 Å². The number of hydrogen-bond donors (Lipinski definition) is 2. The van der Waals surface area contributed by atoms with Gasteiger partial charge in [-0.15, -0.1) is 11.3 Å². The van der Waals surface area contributed by atoms with Crippen molar-refractivity contribution in [3.63, 3.8) is 0 Å². The third kappa shape index (κ3) is 3.16. The van der Waals surface area contributed by atoms with Gasteiger partial charge in [0.1, 0.15) is 0 Å². The number of anilines is 3. The van der Waals surface area contributed by atoms with Crippen molar-refractivity contribution < 1.29 is 8.78 Å². The number of aromatic amines is 1. The van der Waals surface area contributed by atoms with Gasteiger partial charge < -0.3 is 10.2 Å². The Kier molecular flexibility index (Phi) is 4.26. The lowest BCUT2D eigenvalue weighted by Crippen LogP contribution is -2.27. The molecule has 0 fully saturated rings. The van der Waals surface area contributed by atoms with Gasteiger partial charge in [0.05, 0.1) is 30.3 Å². The van der Waals surface area contributed by atoms with Crippen molar-refractivity contribution in [2.45, 2.75) is 12.8 Å². The fourth-order valence-electron chi connectivity index (χ4n) is 2.77. The van der Waals surface area contributed by atoms with Crippen molar-refractivity contribution in [3.8, 4) is 11.3 Å². The zero-order valence-electron chi connectivity index (χ0n) is 13.2. The van der Waals surface area contributed by atoms with Crippen molar-refractivity contribution in [1.82, 2.24) is 25.1 Å². The zero-order valence-corrected chi connectivity index (χ0v) is 14.0. The molecule has 0 radical (unpaired) electrons. The van der Waals surface area contributed by atoms with Gasteiger partial charge in [-0.3, -0.25) is 9.49 Å². The van der Waals surface area contributed by atoms with E-state index in [4.69, 9.17) is 0 Å². The minimum atomic E-state index is -0.489. The Labute approximate surface area is 146 Å². The summed E-state index contributed by atoms with van der Waals surface area (Å²) in [6, 6.07) is 0. The van der Waals surface area contributed by atoms with E-state index in [0.29, 0.717) is 24.0 Å². The molecule has 0 amide bonds. The van der Waals surface area contributed by atoms with E-state index in [1.54, 1.807) is 6.20 Å². The van der Waals surface area contributed by atoms with Gasteiger partial charge in [-0.05, 0) is 6.42 Å². The summed E-state index contributed by atoms with van der Waals surface area (Å²) in [5.74, 6) is 0.598. The number of thiazole rings is 1. The number of hydrogen-bond acceptors (Lipinski definition) is 7. The summed E-state index contributed by atoms with van der Waals surface area (Å²) in [6.45, 7) is 1.03. The van der Waals surface area contributed by atoms with Crippen molar-refractivity contribution in [1.29, 1.82) is 0 Å². The largest absolute Gasteiger partial charge is 0.354 e. The molecule has 25 heavy (non-hydrogen) atoms. The topological polar surface area (TPSA) is 82.6 Å². The second-order valence-corrected chi connectivity index (χ2v) is 6.63. The van der Waals surface area contributed by atoms with Gasteiger partial charge in [-0.25, -0.2) is 19.3 Å². The maximum atomic E-state index is 12.9. The highest BCUT2D eigenvalue weighted by Gasteiger charge is 2.25. The van der Waals surface area contributed by atoms with E-state index in [1.165, 1.54) is 11.3 Å². The Morgan fingerprint density at radius 3 is 2.96 bits per heavy atom. The molecule has 2 N–H and O–H groups in total. The van der Waals surface area contributed by atoms with E-state index in [2.05, 4.69) is 35.4 Å². The van der Waals surface area contributed by atoms with Crippen molar-refractivity contribution in [2.75, 3.05) is 30.0 Å². The smallest absolute Gasteiger partial charge is 0.229 e. The van der Waals surface area contributed by atoms with Crippen LogP contribution in [0.4, 0.5) is 25.7 Å². The number of alkyl halides is 1. The van der Waals surface area contributed by atoms with E-state index in [-0.39, 0.29) is 6.67 Å². The summed E-state index contributed by atoms with van der Waals surface area (Å²) < 4.78 is 25.4. The fraction of sp³-hybridized carbons (Fsp3) is 0.333. The maximum absolute atomic E-state index is 12.9. The Bertz CT molecular complexity index is 861. The first-order valence-electron chi connectivity index (χ1n) is 7.84. The van der Waals surface area contributed by atoms with Crippen LogP contribution in [0.5, 0.6) is 0 Å². The summed E-state index contributed by atoms with van der Waals surface area (Å²) in [4.78, 5) is 15.6. The predicted octanol–water partition coefficient (Wildman–Crippen LogP) is 2.93. The molecule has 130 valence electrons. The summed E-state index contributed by atoms with van der Waals surface area (Å²) in [7, 11) is 0. The highest BCUT2D eigenvalue weighted by atomic mass is 32.1. The Morgan fingerprint density at radius 2 is 2.16 bits per heavy atom. The molecule has 1 aliphatic rings. The number of H-pyrrole nitrogens is 1. The molecule has 0 spiro atoms. The van der Waals surface area contributed by atoms with E-state index in [0.717, 1.165) is 47.3 Å². The zero-order chi connectivity index (χ0) is 17.2. The number of halogens is 2. The second-order valence-electron chi connectivity index (χ2n) is 5.54. The summed E-state index contributed by atoms with van der Waals surface area (Å²) in [6.07, 6.45) is 5.28. The van der Waals surface area contributed by atoms with Crippen LogP contribution in [-0.4, -0.2) is 44.9 Å². The van der Waals surface area contributed by atoms with Gasteiger partial charge in [-0.1, -0.05) is 0 Å². The molecular weight excluding hydrogens is 348 g/mol. The molecule has 3 aromatic rings. The summed E-state index contributed by atoms with van der Waals surface area (Å²) >= 11 is 1.50. The molecule has 0 aromatic carbocycles. The number of nitrogens with zero attached hydrogens (tertiary/aromatic N) is 5. The van der Waals surface area contributed by atoms with Gasteiger partial charge in [0.25, 0.3) is 0 Å². The molecule has 3 aromatic heterocycles. The third-order valence-electron chi connectivity index (χ3n) is 3.88. The average Bonchev–Trinajstić information content (AvgIpc) is 3.21. The van der Waals surface area contributed by atoms with Gasteiger partial charge in [0, 0.05) is 30.6 Å². The molecule has 0 unspecified atom stereocenters. The minimum absolute atomic E-state index is 0.294. The van der Waals surface area contributed by atoms with Gasteiger partial charge in [-0.2, -0.15) is 5.10 Å². The molecule has 1 aliphatic heterocycles. The molecule has 0 bridgehead atoms. The Balaban J connectivity index is 1.62. The predicted molar refractivity (Wildman–Crippen MR) is 91.5 cm³/mol. The molecule has 10 heteroatoms. The molecule has 0 saturated carbocycles. The summed E-state index contributed by atoms with van der Waals surface area (Å²) in [5, 5.41) is 10.8. The molecule has 0 aliphatic carbocycles. The van der Waals surface area contributed by atoms with Crippen LogP contribution >= 0.6 is 11.3 Å². The van der Waals surface area contributed by atoms with E-state index >= 15 is 0 Å². The number of fused-ring (bicyclic) bond motifs is 3. The van der Waals surface area contributed by atoms with Crippen molar-refractivity contribution >= 4 is 28.2 Å². The molecule has 4 heterocycles. The first-order valence-corrected chi connectivity index (χ1v) is 8.65. The normalized spacial score (nSPS) is 13.3. The summed E-state index contributed by atoms with van der Waals surface area (Å²) in [5.41, 5.74) is 1.75. The number of aromatic nitrogens is 5. The monoisotopic (exact) mass is 363 g/mol. The van der Waals surface area contributed by atoms with Crippen LogP contribution in [0, 0.1) is 5.82 Å². The maximum Gasteiger partial charge on any atom is 0.229 e. The molecule has 7 nitrogen and oxygen atoms in total. The first kappa shape index (κ1) is 15.9. The number of rotatable bonds is 5. The van der Waals surface area contributed by atoms with E-state index in [9.17, 15) is 8.78 Å². The second kappa shape index (κ2) is 6.71. The van der Waals surface area contributed by atoms with Crippen LogP contribution in [0.1, 0.15) is 11.3 Å². The van der Waals surface area contributed by atoms with Crippen LogP contribution in [0.15, 0.2) is 18.6 Å². The Morgan fingerprint density at radius 1 is 1.32 bits per heavy atom. The number of nitrogens with one attached hydrogen (secondary N) is 2.